The number of aliphatic hydroxyl groups is 1. The predicted octanol–water partition coefficient (Wildman–Crippen LogP) is -0.0400. The fourth-order valence-corrected chi connectivity index (χ4v) is 3.92. The number of carboxylic acids is 1. The molecule has 3 aliphatic rings. The number of aliphatic hydroxyl groups excluding tert-OH is 1. The Hall–Kier alpha value is -2.39. The highest BCUT2D eigenvalue weighted by molar-refractivity contribution is 6.00. The van der Waals surface area contributed by atoms with Crippen molar-refractivity contribution in [3.8, 4) is 0 Å². The molecule has 26 heavy (non-hydrogen) atoms. The smallest absolute Gasteiger partial charge is 0.410 e. The lowest BCUT2D eigenvalue weighted by atomic mass is 9.82. The van der Waals surface area contributed by atoms with Gasteiger partial charge in [-0.3, -0.25) is 9.69 Å². The summed E-state index contributed by atoms with van der Waals surface area (Å²) in [6, 6.07) is -1.03. The first-order chi connectivity index (χ1) is 12.4. The van der Waals surface area contributed by atoms with Gasteiger partial charge in [-0.15, -0.1) is 0 Å². The van der Waals surface area contributed by atoms with Gasteiger partial charge in [-0.1, -0.05) is 12.7 Å². The van der Waals surface area contributed by atoms with Crippen molar-refractivity contribution in [1.29, 1.82) is 0 Å². The zero-order valence-corrected chi connectivity index (χ0v) is 14.5. The third-order valence-corrected chi connectivity index (χ3v) is 5.06. The summed E-state index contributed by atoms with van der Waals surface area (Å²) in [5.41, 5.74) is 0.336. The fraction of sp³-hybridized carbons (Fsp3) is 0.588. The number of hydrogen-bond acceptors (Lipinski definition) is 6. The van der Waals surface area contributed by atoms with Crippen LogP contribution in [0.15, 0.2) is 23.9 Å². The molecule has 4 atom stereocenters. The van der Waals surface area contributed by atoms with E-state index in [1.165, 1.54) is 22.8 Å². The van der Waals surface area contributed by atoms with Gasteiger partial charge in [0.25, 0.3) is 0 Å². The number of fused-ring (bicyclic) bond motifs is 1. The van der Waals surface area contributed by atoms with E-state index in [4.69, 9.17) is 9.47 Å². The van der Waals surface area contributed by atoms with Crippen LogP contribution >= 0.6 is 0 Å². The van der Waals surface area contributed by atoms with Crippen molar-refractivity contribution in [2.24, 2.45) is 5.92 Å². The molecule has 0 aliphatic carbocycles. The summed E-state index contributed by atoms with van der Waals surface area (Å²) < 4.78 is 10.5. The van der Waals surface area contributed by atoms with Gasteiger partial charge < -0.3 is 24.6 Å². The Morgan fingerprint density at radius 2 is 2.23 bits per heavy atom. The molecule has 0 saturated carbocycles. The maximum atomic E-state index is 12.3. The van der Waals surface area contributed by atoms with Crippen LogP contribution in [0, 0.1) is 5.92 Å². The molecule has 3 aliphatic heterocycles. The Bertz CT molecular complexity index is 672. The van der Waals surface area contributed by atoms with Gasteiger partial charge in [0, 0.05) is 6.54 Å². The zero-order valence-electron chi connectivity index (χ0n) is 14.5. The number of aliphatic carboxylic acids is 1. The monoisotopic (exact) mass is 366 g/mol. The van der Waals surface area contributed by atoms with E-state index in [0.717, 1.165) is 0 Å². The van der Waals surface area contributed by atoms with Crippen molar-refractivity contribution < 1.29 is 34.1 Å². The molecule has 2 N–H and O–H groups in total. The Morgan fingerprint density at radius 1 is 1.50 bits per heavy atom. The van der Waals surface area contributed by atoms with Crippen LogP contribution in [0.3, 0.4) is 0 Å². The molecule has 2 amide bonds. The van der Waals surface area contributed by atoms with Gasteiger partial charge in [0.15, 0.2) is 0 Å². The van der Waals surface area contributed by atoms with Crippen LogP contribution in [0.4, 0.5) is 4.79 Å². The van der Waals surface area contributed by atoms with Gasteiger partial charge in [0.05, 0.1) is 37.3 Å². The summed E-state index contributed by atoms with van der Waals surface area (Å²) in [6.07, 6.45) is 0.280. The molecule has 142 valence electrons. The van der Waals surface area contributed by atoms with Gasteiger partial charge in [0.2, 0.25) is 5.91 Å². The van der Waals surface area contributed by atoms with E-state index in [0.29, 0.717) is 12.2 Å². The van der Waals surface area contributed by atoms with E-state index >= 15 is 0 Å². The lowest BCUT2D eigenvalue weighted by molar-refractivity contribution is -0.161. The SMILES string of the molecule is C=CCOC(=O)N1CCOC[C@H]1C1=C(C(=O)O)N2C(=O)[C@H]([C@@H](C)O)[C@H]2C1. The molecule has 9 nitrogen and oxygen atoms in total. The molecule has 0 radical (unpaired) electrons. The Balaban J connectivity index is 1.90. The maximum Gasteiger partial charge on any atom is 0.410 e. The molecule has 0 aromatic heterocycles. The predicted molar refractivity (Wildman–Crippen MR) is 87.9 cm³/mol. The molecule has 3 rings (SSSR count). The van der Waals surface area contributed by atoms with Crippen molar-refractivity contribution in [2.75, 3.05) is 26.4 Å². The Kier molecular flexibility index (Phi) is 5.01. The first-order valence-electron chi connectivity index (χ1n) is 8.48. The van der Waals surface area contributed by atoms with Crippen molar-refractivity contribution in [3.63, 3.8) is 0 Å². The first kappa shape index (κ1) is 18.4. The molecular formula is C17H22N2O7. The normalized spacial score (nSPS) is 29.2. The number of ether oxygens (including phenoxy) is 2. The number of amides is 2. The van der Waals surface area contributed by atoms with E-state index < -0.39 is 42.1 Å². The minimum Gasteiger partial charge on any atom is -0.477 e. The number of nitrogens with zero attached hydrogens (tertiary/aromatic N) is 2. The second kappa shape index (κ2) is 7.08. The van der Waals surface area contributed by atoms with Gasteiger partial charge in [-0.2, -0.15) is 0 Å². The van der Waals surface area contributed by atoms with Crippen LogP contribution in [0.1, 0.15) is 13.3 Å². The first-order valence-corrected chi connectivity index (χ1v) is 8.48. The Morgan fingerprint density at radius 3 is 2.85 bits per heavy atom. The van der Waals surface area contributed by atoms with Crippen molar-refractivity contribution in [3.05, 3.63) is 23.9 Å². The minimum atomic E-state index is -1.23. The molecule has 0 aromatic carbocycles. The second-order valence-corrected chi connectivity index (χ2v) is 6.57. The average Bonchev–Trinajstić information content (AvgIpc) is 2.94. The maximum absolute atomic E-state index is 12.3. The highest BCUT2D eigenvalue weighted by Gasteiger charge is 2.58. The molecule has 9 heteroatoms. The van der Waals surface area contributed by atoms with Gasteiger partial charge in [0.1, 0.15) is 12.3 Å². The van der Waals surface area contributed by atoms with Gasteiger partial charge in [-0.05, 0) is 18.9 Å². The minimum absolute atomic E-state index is 0.0467. The molecule has 2 fully saturated rings. The summed E-state index contributed by atoms with van der Waals surface area (Å²) in [7, 11) is 0. The Labute approximate surface area is 150 Å². The zero-order chi connectivity index (χ0) is 19.0. The van der Waals surface area contributed by atoms with Crippen LogP contribution in [-0.4, -0.2) is 82.5 Å². The highest BCUT2D eigenvalue weighted by atomic mass is 16.6. The van der Waals surface area contributed by atoms with Crippen molar-refractivity contribution in [2.45, 2.75) is 31.5 Å². The molecule has 0 bridgehead atoms. The van der Waals surface area contributed by atoms with Crippen LogP contribution in [0.25, 0.3) is 0 Å². The highest BCUT2D eigenvalue weighted by Crippen LogP contribution is 2.45. The average molecular weight is 366 g/mol. The summed E-state index contributed by atoms with van der Waals surface area (Å²) in [6.45, 7) is 5.76. The van der Waals surface area contributed by atoms with E-state index in [9.17, 15) is 24.6 Å². The van der Waals surface area contributed by atoms with E-state index in [-0.39, 0.29) is 31.9 Å². The van der Waals surface area contributed by atoms with Crippen LogP contribution in [0.2, 0.25) is 0 Å². The van der Waals surface area contributed by atoms with Crippen LogP contribution in [-0.2, 0) is 19.1 Å². The van der Waals surface area contributed by atoms with Gasteiger partial charge >= 0.3 is 12.1 Å². The molecule has 0 unspecified atom stereocenters. The largest absolute Gasteiger partial charge is 0.477 e. The topological polar surface area (TPSA) is 117 Å². The third-order valence-electron chi connectivity index (χ3n) is 5.06. The van der Waals surface area contributed by atoms with E-state index in [1.54, 1.807) is 0 Å². The summed E-state index contributed by atoms with van der Waals surface area (Å²) in [5.74, 6) is -2.27. The quantitative estimate of drug-likeness (QED) is 0.518. The number of carbonyl (C=O) groups excluding carboxylic acids is 2. The summed E-state index contributed by atoms with van der Waals surface area (Å²) >= 11 is 0. The standard InChI is InChI=1S/C17H22N2O7/c1-3-5-26-17(24)18-4-6-25-8-12(18)10-7-11-13(9(2)20)15(21)19(11)14(10)16(22)23/h3,9,11-13,20H,1,4-8H2,2H3,(H,22,23)/t9-,11-,12+,13-/m1/s1. The van der Waals surface area contributed by atoms with E-state index in [1.807, 2.05) is 0 Å². The lowest BCUT2D eigenvalue weighted by Gasteiger charge is -2.44. The molecule has 2 saturated heterocycles. The van der Waals surface area contributed by atoms with Crippen LogP contribution in [0.5, 0.6) is 0 Å². The molecular weight excluding hydrogens is 344 g/mol. The summed E-state index contributed by atoms with van der Waals surface area (Å²) in [5, 5.41) is 19.5. The van der Waals surface area contributed by atoms with E-state index in [2.05, 4.69) is 6.58 Å². The van der Waals surface area contributed by atoms with Gasteiger partial charge in [-0.25, -0.2) is 9.59 Å². The summed E-state index contributed by atoms with van der Waals surface area (Å²) in [4.78, 5) is 39.1. The number of hydrogen-bond donors (Lipinski definition) is 2. The molecule has 0 spiro atoms. The number of rotatable bonds is 5. The van der Waals surface area contributed by atoms with Crippen LogP contribution < -0.4 is 0 Å². The number of β-lactam (4-membered cyclic amide) rings is 1. The fourth-order valence-electron chi connectivity index (χ4n) is 3.92. The van der Waals surface area contributed by atoms with Crippen molar-refractivity contribution in [1.82, 2.24) is 9.80 Å². The number of carboxylic acid groups (broad SMARTS) is 1. The second-order valence-electron chi connectivity index (χ2n) is 6.57. The molecule has 0 aromatic rings. The van der Waals surface area contributed by atoms with Crippen molar-refractivity contribution >= 4 is 18.0 Å². The number of morpholine rings is 1. The lowest BCUT2D eigenvalue weighted by Crippen LogP contribution is -2.61. The third kappa shape index (κ3) is 2.86. The number of carbonyl (C=O) groups is 3. The molecule has 3 heterocycles.